The summed E-state index contributed by atoms with van der Waals surface area (Å²) >= 11 is 3.20. The molecule has 9 aromatic rings. The number of aliphatic carboxylic acids is 1. The van der Waals surface area contributed by atoms with Crippen molar-refractivity contribution < 1.29 is 81.5 Å². The number of carbonyl (C=O) groups excluding carboxylic acids is 10. The lowest BCUT2D eigenvalue weighted by atomic mass is 10.0. The maximum absolute atomic E-state index is 13.5. The van der Waals surface area contributed by atoms with E-state index in [0.717, 1.165) is 44.9 Å². The van der Waals surface area contributed by atoms with Gasteiger partial charge in [0.05, 0.1) is 55.1 Å². The van der Waals surface area contributed by atoms with Crippen molar-refractivity contribution in [3.8, 4) is 0 Å². The Kier molecular flexibility index (Phi) is 29.0. The third kappa shape index (κ3) is 20.5. The zero-order chi connectivity index (χ0) is 71.3. The highest BCUT2D eigenvalue weighted by molar-refractivity contribution is 7.12. The van der Waals surface area contributed by atoms with Gasteiger partial charge in [0.1, 0.15) is 23.3 Å². The smallest absolute Gasteiger partial charge is 0.408 e. The van der Waals surface area contributed by atoms with Gasteiger partial charge in [-0.05, 0) is 77.5 Å². The molecule has 0 aliphatic heterocycles. The first-order valence-electron chi connectivity index (χ1n) is 29.7. The van der Waals surface area contributed by atoms with Crippen molar-refractivity contribution in [1.82, 2.24) is 39.7 Å². The zero-order valence-corrected chi connectivity index (χ0v) is 60.3. The molecule has 9 rings (SSSR count). The Morgan fingerprint density at radius 3 is 1.20 bits per heavy atom. The fourth-order valence-corrected chi connectivity index (χ4v) is 11.1. The summed E-state index contributed by atoms with van der Waals surface area (Å²) in [5.41, 5.74) is 8.09. The number of carboxylic acids is 1. The number of alkyl carbamates (subject to hydrolysis) is 2. The zero-order valence-electron chi connectivity index (χ0n) is 56.2. The predicted molar refractivity (Wildman–Crippen MR) is 375 cm³/mol. The minimum Gasteiger partial charge on any atom is -0.480 e. The number of methoxy groups -OCH3 is 3. The number of carbonyl (C=O) groups is 11. The number of amides is 2. The number of ketones is 3. The largest absolute Gasteiger partial charge is 0.480 e. The highest BCUT2D eigenvalue weighted by Crippen LogP contribution is 2.29. The van der Waals surface area contributed by atoms with Gasteiger partial charge in [0.25, 0.3) is 5.91 Å². The first-order valence-corrected chi connectivity index (χ1v) is 32.3. The van der Waals surface area contributed by atoms with E-state index in [1.807, 2.05) is 52.0 Å². The Labute approximate surface area is 588 Å². The number of aromatic nitrogens is 6. The van der Waals surface area contributed by atoms with E-state index in [2.05, 4.69) is 44.8 Å². The van der Waals surface area contributed by atoms with Crippen LogP contribution in [-0.4, -0.2) is 150 Å². The van der Waals surface area contributed by atoms with Crippen LogP contribution in [0.1, 0.15) is 170 Å². The summed E-state index contributed by atoms with van der Waals surface area (Å²) in [6, 6.07) is 19.1. The van der Waals surface area contributed by atoms with Crippen molar-refractivity contribution in [2.75, 3.05) is 21.3 Å². The number of para-hydroxylation sites is 3. The van der Waals surface area contributed by atoms with Crippen molar-refractivity contribution in [3.63, 3.8) is 0 Å². The molecule has 0 aliphatic rings. The van der Waals surface area contributed by atoms with Gasteiger partial charge in [-0.2, -0.15) is 0 Å². The molecule has 6 aromatic heterocycles. The second-order valence-corrected chi connectivity index (χ2v) is 26.8. The van der Waals surface area contributed by atoms with Gasteiger partial charge in [-0.25, -0.2) is 43.7 Å². The number of carboxylic acid groups (broad SMARTS) is 1. The quantitative estimate of drug-likeness (QED) is 0.0321. The monoisotopic (exact) mass is 1450 g/mol. The van der Waals surface area contributed by atoms with E-state index in [4.69, 9.17) is 20.3 Å². The lowest BCUT2D eigenvalue weighted by Gasteiger charge is -2.25. The normalized spacial score (nSPS) is 11.9. The number of fused-ring (bicyclic) bond motifs is 3. The third-order valence-electron chi connectivity index (χ3n) is 13.7. The Morgan fingerprint density at radius 1 is 0.500 bits per heavy atom. The molecule has 0 saturated carbocycles. The van der Waals surface area contributed by atoms with Gasteiger partial charge in [-0.3, -0.25) is 33.1 Å². The van der Waals surface area contributed by atoms with Crippen molar-refractivity contribution >= 4 is 157 Å². The molecule has 26 nitrogen and oxygen atoms in total. The van der Waals surface area contributed by atoms with E-state index in [1.54, 1.807) is 110 Å². The summed E-state index contributed by atoms with van der Waals surface area (Å²) in [5.74, 6) is -5.01. The summed E-state index contributed by atoms with van der Waals surface area (Å²) < 4.78 is 26.9. The average Bonchev–Trinajstić information content (AvgIpc) is 1.63. The Balaban J connectivity index is 0.000000287. The average molecular weight is 1450 g/mol. The maximum Gasteiger partial charge on any atom is 0.408 e. The van der Waals surface area contributed by atoms with E-state index in [-0.39, 0.29) is 97.7 Å². The molecule has 3 aromatic carbocycles. The summed E-state index contributed by atoms with van der Waals surface area (Å²) in [6.45, 7) is 21.2. The number of nitrogens with one attached hydrogen (secondary N) is 3. The minimum absolute atomic E-state index is 0. The molecule has 6 N–H and O–H groups in total. The highest BCUT2D eigenvalue weighted by Gasteiger charge is 2.32. The van der Waals surface area contributed by atoms with E-state index < -0.39 is 77.1 Å². The highest BCUT2D eigenvalue weighted by atomic mass is 35.5. The van der Waals surface area contributed by atoms with Gasteiger partial charge in [0, 0.05) is 56.4 Å². The number of H-pyrrole nitrogens is 1. The molecule has 6 heterocycles. The summed E-state index contributed by atoms with van der Waals surface area (Å²) in [4.78, 5) is 149. The number of thiazole rings is 3. The van der Waals surface area contributed by atoms with Crippen LogP contribution in [0.25, 0.3) is 32.7 Å². The Morgan fingerprint density at radius 2 is 0.847 bits per heavy atom. The molecule has 31 heteroatoms. The topological polar surface area (TPSA) is 369 Å². The minimum atomic E-state index is -1.06. The van der Waals surface area contributed by atoms with Crippen LogP contribution >= 0.6 is 58.8 Å². The first-order chi connectivity index (χ1) is 45.1. The predicted octanol–water partition coefficient (Wildman–Crippen LogP) is 12.1. The Hall–Kier alpha value is -9.52. The number of ether oxygens (including phenoxy) is 5. The molecule has 3 atom stereocenters. The molecule has 0 fully saturated rings. The molecule has 0 radical (unpaired) electrons. The van der Waals surface area contributed by atoms with Crippen LogP contribution in [0.4, 0.5) is 9.59 Å². The van der Waals surface area contributed by atoms with Gasteiger partial charge in [0.15, 0.2) is 32.1 Å². The number of hydrogen-bond donors (Lipinski definition) is 5. The molecule has 0 unspecified atom stereocenters. The molecular formula is C67H77Cl2N9O17S3. The number of nitrogens with two attached hydrogens (primary N) is 1. The number of esters is 3. The molecule has 0 spiro atoms. The number of benzene rings is 3. The van der Waals surface area contributed by atoms with Crippen molar-refractivity contribution in [2.24, 2.45) is 23.5 Å². The standard InChI is InChI=1S/C24H27N3O6S.C19H19N3O4S.C14H10N2O3S.C10H19NO4.2ClH/c1-13(2)18(26-23(31)33-24(3,4)5)21(29)27-11-15(14-9-7-8-10-17(14)27)19(28)20-25-16(12-34-20)22(30)32-6;1-10(2)15(20)18(24)22-8-12(11-6-4-5-7-14(11)22)16(23)17-21-13(9-27-17)19(25)26-3;1-19-14(18)11-7-20-13(16-11)12(17)9-6-15-10-5-3-2-4-8(9)10;1-6(2)7(8(12)13)11-9(14)15-10(3,4)5;;/h7-13,18H,1-6H3,(H,26,31);4-10,15H,20H2,1-3H3;2-7,15H,1H3;6-7H,1-5H3,(H,11,14)(H,12,13);2*1H/t18-;15-;;7-;;/m00.0../s1. The Bertz CT molecular complexity index is 4380. The van der Waals surface area contributed by atoms with Crippen LogP contribution in [-0.2, 0) is 28.5 Å². The molecule has 0 aliphatic carbocycles. The molecule has 2 amide bonds. The fourth-order valence-electron chi connectivity index (χ4n) is 8.91. The molecule has 0 bridgehead atoms. The SMILES string of the molecule is CC(C)[C@H](NC(=O)OC(C)(C)C)C(=O)O.COC(=O)c1csc(C(=O)c2c[nH]c3ccccc23)n1.COC(=O)c1csc(C(=O)c2cn(C(=O)[C@@H](N)C(C)C)c3ccccc23)n1.COC(=O)c1csc(C(=O)c2cn(C(=O)[C@@H](NC(=O)OC(C)(C)C)C(C)C)c3ccccc23)n1.Cl.Cl. The lowest BCUT2D eigenvalue weighted by molar-refractivity contribution is -0.140. The molecule has 98 heavy (non-hydrogen) atoms. The van der Waals surface area contributed by atoms with Crippen molar-refractivity contribution in [1.29, 1.82) is 0 Å². The van der Waals surface area contributed by atoms with E-state index >= 15 is 0 Å². The second kappa shape index (κ2) is 35.1. The van der Waals surface area contributed by atoms with Crippen LogP contribution in [0.3, 0.4) is 0 Å². The van der Waals surface area contributed by atoms with Gasteiger partial charge >= 0.3 is 36.1 Å². The van der Waals surface area contributed by atoms with Crippen molar-refractivity contribution in [3.05, 3.63) is 156 Å². The maximum atomic E-state index is 13.5. The van der Waals surface area contributed by atoms with Gasteiger partial charge in [-0.1, -0.05) is 96.1 Å². The van der Waals surface area contributed by atoms with Crippen LogP contribution in [0.5, 0.6) is 0 Å². The van der Waals surface area contributed by atoms with Gasteiger partial charge in [-0.15, -0.1) is 58.8 Å². The van der Waals surface area contributed by atoms with Crippen LogP contribution in [0.15, 0.2) is 108 Å². The number of hydrogen-bond acceptors (Lipinski definition) is 23. The summed E-state index contributed by atoms with van der Waals surface area (Å²) in [6.07, 6.45) is 3.19. The summed E-state index contributed by atoms with van der Waals surface area (Å²) in [5, 5.41) is 20.8. The van der Waals surface area contributed by atoms with Gasteiger partial charge in [0.2, 0.25) is 23.3 Å². The van der Waals surface area contributed by atoms with E-state index in [9.17, 15) is 52.7 Å². The number of nitrogens with zero attached hydrogens (tertiary/aromatic N) is 5. The molecule has 0 saturated heterocycles. The fraction of sp³-hybridized carbons (Fsp3) is 0.343. The first kappa shape index (κ1) is 80.9. The molecule has 524 valence electrons. The third-order valence-corrected chi connectivity index (χ3v) is 16.2. The van der Waals surface area contributed by atoms with Gasteiger partial charge < -0.3 is 50.1 Å². The second-order valence-electron chi connectivity index (χ2n) is 24.2. The van der Waals surface area contributed by atoms with Crippen LogP contribution in [0.2, 0.25) is 0 Å². The van der Waals surface area contributed by atoms with Crippen molar-refractivity contribution in [2.45, 2.75) is 112 Å². The van der Waals surface area contributed by atoms with E-state index in [0.29, 0.717) is 32.9 Å². The number of halogens is 2. The van der Waals surface area contributed by atoms with Crippen LogP contribution in [0, 0.1) is 17.8 Å². The molecular weight excluding hydrogens is 1370 g/mol. The number of aromatic amines is 1. The number of rotatable bonds is 17. The lowest BCUT2D eigenvalue weighted by Crippen LogP contribution is -2.48. The van der Waals surface area contributed by atoms with Crippen LogP contribution < -0.4 is 16.4 Å². The summed E-state index contributed by atoms with van der Waals surface area (Å²) in [7, 11) is 3.77. The van der Waals surface area contributed by atoms with E-state index in [1.165, 1.54) is 59.0 Å².